The van der Waals surface area contributed by atoms with Crippen LogP contribution in [0.1, 0.15) is 17.9 Å². The molecule has 108 valence electrons. The quantitative estimate of drug-likeness (QED) is 0.629. The predicted octanol–water partition coefficient (Wildman–Crippen LogP) is -1.31. The van der Waals surface area contributed by atoms with Crippen molar-refractivity contribution in [3.63, 3.8) is 0 Å². The van der Waals surface area contributed by atoms with Gasteiger partial charge in [0.05, 0.1) is 24.6 Å². The van der Waals surface area contributed by atoms with E-state index in [1.165, 1.54) is 7.11 Å². The predicted molar refractivity (Wildman–Crippen MR) is 66.8 cm³/mol. The molecule has 9 heteroatoms. The largest absolute Gasteiger partial charge is 0.481 e. The SMILES string of the molecule is COCCn1c2c(c(=O)[nH]c1=O)C(C(=O)O)CC(=O)N2. The Morgan fingerprint density at radius 1 is 1.45 bits per heavy atom. The number of nitrogens with zero attached hydrogens (tertiary/aromatic N) is 1. The van der Waals surface area contributed by atoms with E-state index in [0.717, 1.165) is 4.57 Å². The maximum Gasteiger partial charge on any atom is 0.330 e. The zero-order valence-electron chi connectivity index (χ0n) is 10.6. The summed E-state index contributed by atoms with van der Waals surface area (Å²) in [5, 5.41) is 11.5. The van der Waals surface area contributed by atoms with Crippen LogP contribution in [0.5, 0.6) is 0 Å². The minimum Gasteiger partial charge on any atom is -0.481 e. The van der Waals surface area contributed by atoms with E-state index in [0.29, 0.717) is 0 Å². The van der Waals surface area contributed by atoms with Crippen LogP contribution in [0.3, 0.4) is 0 Å². The number of rotatable bonds is 4. The molecule has 3 N–H and O–H groups in total. The first kappa shape index (κ1) is 14.0. The Hall–Kier alpha value is -2.42. The molecule has 2 heterocycles. The molecule has 1 aromatic heterocycles. The summed E-state index contributed by atoms with van der Waals surface area (Å²) in [5.41, 5.74) is -1.64. The van der Waals surface area contributed by atoms with Crippen LogP contribution in [0.15, 0.2) is 9.59 Å². The Kier molecular flexibility index (Phi) is 3.70. The van der Waals surface area contributed by atoms with Gasteiger partial charge in [0.2, 0.25) is 5.91 Å². The zero-order valence-corrected chi connectivity index (χ0v) is 10.6. The molecule has 0 saturated carbocycles. The number of nitrogens with one attached hydrogen (secondary N) is 2. The van der Waals surface area contributed by atoms with Crippen LogP contribution in [-0.4, -0.2) is 40.3 Å². The molecule has 0 bridgehead atoms. The van der Waals surface area contributed by atoms with Crippen molar-refractivity contribution in [1.29, 1.82) is 0 Å². The third kappa shape index (κ3) is 2.35. The molecule has 1 aliphatic heterocycles. The van der Waals surface area contributed by atoms with Crippen molar-refractivity contribution in [2.45, 2.75) is 18.9 Å². The topological polar surface area (TPSA) is 130 Å². The molecular weight excluding hydrogens is 270 g/mol. The van der Waals surface area contributed by atoms with Crippen molar-refractivity contribution in [3.05, 3.63) is 26.4 Å². The average Bonchev–Trinajstić information content (AvgIpc) is 2.37. The highest BCUT2D eigenvalue weighted by Gasteiger charge is 2.35. The van der Waals surface area contributed by atoms with Gasteiger partial charge in [-0.05, 0) is 0 Å². The first-order valence-corrected chi connectivity index (χ1v) is 5.84. The number of anilines is 1. The highest BCUT2D eigenvalue weighted by molar-refractivity contribution is 5.98. The van der Waals surface area contributed by atoms with Gasteiger partial charge in [-0.15, -0.1) is 0 Å². The van der Waals surface area contributed by atoms with E-state index in [2.05, 4.69) is 10.3 Å². The first-order valence-electron chi connectivity index (χ1n) is 5.84. The second kappa shape index (κ2) is 5.29. The highest BCUT2D eigenvalue weighted by atomic mass is 16.5. The summed E-state index contributed by atoms with van der Waals surface area (Å²) in [6.45, 7) is 0.257. The van der Waals surface area contributed by atoms with Gasteiger partial charge < -0.3 is 15.2 Å². The minimum atomic E-state index is -1.29. The van der Waals surface area contributed by atoms with Crippen LogP contribution >= 0.6 is 0 Å². The molecule has 1 aliphatic rings. The Morgan fingerprint density at radius 2 is 2.15 bits per heavy atom. The Labute approximate surface area is 112 Å². The Morgan fingerprint density at radius 3 is 2.75 bits per heavy atom. The Bertz CT molecular complexity index is 674. The molecule has 1 unspecified atom stereocenters. The second-order valence-electron chi connectivity index (χ2n) is 4.31. The summed E-state index contributed by atoms with van der Waals surface area (Å²) in [6.07, 6.45) is -0.339. The van der Waals surface area contributed by atoms with Crippen molar-refractivity contribution < 1.29 is 19.4 Å². The van der Waals surface area contributed by atoms with Crippen LogP contribution in [0.2, 0.25) is 0 Å². The average molecular weight is 283 g/mol. The number of ether oxygens (including phenoxy) is 1. The molecule has 2 rings (SSSR count). The summed E-state index contributed by atoms with van der Waals surface area (Å²) in [5.74, 6) is -3.18. The van der Waals surface area contributed by atoms with Crippen LogP contribution in [-0.2, 0) is 20.9 Å². The van der Waals surface area contributed by atoms with Crippen LogP contribution in [0.4, 0.5) is 5.82 Å². The standard InChI is InChI=1S/C11H13N3O6/c1-20-3-2-14-8-7(9(16)13-11(14)19)5(10(17)18)4-6(15)12-8/h5H,2-4H2,1H3,(H,12,15)(H,17,18)(H,13,16,19). The third-order valence-electron chi connectivity index (χ3n) is 3.05. The Balaban J connectivity index is 2.66. The summed E-state index contributed by atoms with van der Waals surface area (Å²) in [4.78, 5) is 48.4. The normalized spacial score (nSPS) is 17.4. The number of hydrogen-bond donors (Lipinski definition) is 3. The molecule has 0 aliphatic carbocycles. The maximum absolute atomic E-state index is 11.8. The van der Waals surface area contributed by atoms with E-state index < -0.39 is 29.0 Å². The third-order valence-corrected chi connectivity index (χ3v) is 3.05. The lowest BCUT2D eigenvalue weighted by molar-refractivity contribution is -0.140. The van der Waals surface area contributed by atoms with Crippen molar-refractivity contribution in [1.82, 2.24) is 9.55 Å². The van der Waals surface area contributed by atoms with Gasteiger partial charge >= 0.3 is 11.7 Å². The van der Waals surface area contributed by atoms with E-state index in [9.17, 15) is 19.2 Å². The van der Waals surface area contributed by atoms with Crippen molar-refractivity contribution in [2.24, 2.45) is 0 Å². The van der Waals surface area contributed by atoms with Gasteiger partial charge in [0.15, 0.2) is 0 Å². The van der Waals surface area contributed by atoms with E-state index in [4.69, 9.17) is 9.84 Å². The van der Waals surface area contributed by atoms with Crippen LogP contribution in [0, 0.1) is 0 Å². The van der Waals surface area contributed by atoms with Gasteiger partial charge in [-0.25, -0.2) is 4.79 Å². The number of methoxy groups -OCH3 is 1. The number of H-pyrrole nitrogens is 1. The fourth-order valence-electron chi connectivity index (χ4n) is 2.12. The van der Waals surface area contributed by atoms with Gasteiger partial charge in [0.1, 0.15) is 5.82 Å². The summed E-state index contributed by atoms with van der Waals surface area (Å²) >= 11 is 0. The van der Waals surface area contributed by atoms with Gasteiger partial charge in [0, 0.05) is 13.5 Å². The summed E-state index contributed by atoms with van der Waals surface area (Å²) in [6, 6.07) is 0. The van der Waals surface area contributed by atoms with Gasteiger partial charge in [0.25, 0.3) is 5.56 Å². The van der Waals surface area contributed by atoms with E-state index >= 15 is 0 Å². The number of amides is 1. The molecule has 1 atom stereocenters. The van der Waals surface area contributed by atoms with Crippen molar-refractivity contribution in [3.8, 4) is 0 Å². The van der Waals surface area contributed by atoms with Gasteiger partial charge in [-0.3, -0.25) is 23.9 Å². The van der Waals surface area contributed by atoms with E-state index in [1.54, 1.807) is 0 Å². The van der Waals surface area contributed by atoms with Crippen LogP contribution in [0.25, 0.3) is 0 Å². The monoisotopic (exact) mass is 283 g/mol. The first-order chi connectivity index (χ1) is 9.45. The smallest absolute Gasteiger partial charge is 0.330 e. The lowest BCUT2D eigenvalue weighted by atomic mass is 9.93. The highest BCUT2D eigenvalue weighted by Crippen LogP contribution is 2.28. The fraction of sp³-hybridized carbons (Fsp3) is 0.455. The number of hydrogen-bond acceptors (Lipinski definition) is 5. The van der Waals surface area contributed by atoms with E-state index in [1.807, 2.05) is 0 Å². The molecule has 0 aromatic carbocycles. The van der Waals surface area contributed by atoms with Gasteiger partial charge in [-0.1, -0.05) is 0 Å². The molecule has 1 amide bonds. The fourth-order valence-corrected chi connectivity index (χ4v) is 2.12. The zero-order chi connectivity index (χ0) is 14.9. The number of carbonyl (C=O) groups excluding carboxylic acids is 1. The molecular formula is C11H13N3O6. The molecule has 1 aromatic rings. The molecule has 0 spiro atoms. The molecule has 9 nitrogen and oxygen atoms in total. The molecule has 0 saturated heterocycles. The molecule has 0 radical (unpaired) electrons. The van der Waals surface area contributed by atoms with Crippen LogP contribution < -0.4 is 16.6 Å². The lowest BCUT2D eigenvalue weighted by Crippen LogP contribution is -2.42. The maximum atomic E-state index is 11.8. The van der Waals surface area contributed by atoms with E-state index in [-0.39, 0.29) is 31.0 Å². The number of carbonyl (C=O) groups is 2. The number of carboxylic acids is 1. The minimum absolute atomic E-state index is 0.0700. The van der Waals surface area contributed by atoms with Crippen molar-refractivity contribution in [2.75, 3.05) is 19.0 Å². The van der Waals surface area contributed by atoms with Gasteiger partial charge in [-0.2, -0.15) is 0 Å². The number of fused-ring (bicyclic) bond motifs is 1. The van der Waals surface area contributed by atoms with Crippen molar-refractivity contribution >= 4 is 17.7 Å². The molecule has 20 heavy (non-hydrogen) atoms. The number of aromatic amines is 1. The number of aliphatic carboxylic acids is 1. The lowest BCUT2D eigenvalue weighted by Gasteiger charge is -2.24. The number of carboxylic acid groups (broad SMARTS) is 1. The summed E-state index contributed by atoms with van der Waals surface area (Å²) < 4.78 is 5.93. The second-order valence-corrected chi connectivity index (χ2v) is 4.31. The summed E-state index contributed by atoms with van der Waals surface area (Å²) in [7, 11) is 1.43. The molecule has 0 fully saturated rings. The number of aromatic nitrogens is 2.